The second kappa shape index (κ2) is 13.5. The lowest BCUT2D eigenvalue weighted by Gasteiger charge is -2.23. The molecule has 40 heavy (non-hydrogen) atoms. The molecule has 3 rings (SSSR count). The quantitative estimate of drug-likeness (QED) is 0.472. The normalized spacial score (nSPS) is 20.7. The summed E-state index contributed by atoms with van der Waals surface area (Å²) in [5.41, 5.74) is 1.42. The van der Waals surface area contributed by atoms with Crippen LogP contribution in [0.4, 0.5) is 0 Å². The van der Waals surface area contributed by atoms with E-state index in [1.165, 1.54) is 6.20 Å². The number of esters is 3. The van der Waals surface area contributed by atoms with Crippen LogP contribution in [0, 0.1) is 24.2 Å². The van der Waals surface area contributed by atoms with E-state index in [0.29, 0.717) is 12.0 Å². The molecule has 0 radical (unpaired) electrons. The van der Waals surface area contributed by atoms with Gasteiger partial charge in [0.25, 0.3) is 5.91 Å². The lowest BCUT2D eigenvalue weighted by atomic mass is 9.84. The summed E-state index contributed by atoms with van der Waals surface area (Å²) in [6.45, 7) is 11.3. The lowest BCUT2D eigenvalue weighted by molar-refractivity contribution is -0.152. The van der Waals surface area contributed by atoms with Crippen LogP contribution in [-0.2, 0) is 30.3 Å². The first-order chi connectivity index (χ1) is 18.8. The fraction of sp³-hybridized carbons (Fsp3) is 0.516. The molecule has 1 fully saturated rings. The number of pyridine rings is 1. The Hall–Kier alpha value is -3.75. The summed E-state index contributed by atoms with van der Waals surface area (Å²) in [6, 6.07) is 9.89. The van der Waals surface area contributed by atoms with Crippen LogP contribution in [0.5, 0.6) is 5.75 Å². The Morgan fingerprint density at radius 3 is 2.50 bits per heavy atom. The lowest BCUT2D eigenvalue weighted by Crippen LogP contribution is -2.46. The molecule has 1 amide bonds. The van der Waals surface area contributed by atoms with Gasteiger partial charge in [-0.25, -0.2) is 9.78 Å². The minimum Gasteiger partial charge on any atom is -0.463 e. The molecule has 1 aliphatic heterocycles. The van der Waals surface area contributed by atoms with Crippen LogP contribution < -0.4 is 10.1 Å². The number of aromatic nitrogens is 1. The van der Waals surface area contributed by atoms with Crippen LogP contribution in [-0.4, -0.2) is 47.6 Å². The molecule has 4 atom stereocenters. The zero-order chi connectivity index (χ0) is 29.4. The number of carbonyl (C=O) groups is 4. The molecule has 1 saturated heterocycles. The molecule has 0 saturated carbocycles. The fourth-order valence-electron chi connectivity index (χ4n) is 4.96. The highest BCUT2D eigenvalue weighted by Crippen LogP contribution is 2.28. The van der Waals surface area contributed by atoms with E-state index in [1.807, 2.05) is 37.3 Å². The van der Waals surface area contributed by atoms with E-state index in [4.69, 9.17) is 14.2 Å². The largest absolute Gasteiger partial charge is 0.463 e. The zero-order valence-corrected chi connectivity index (χ0v) is 24.2. The van der Waals surface area contributed by atoms with Crippen molar-refractivity contribution in [1.82, 2.24) is 10.3 Å². The van der Waals surface area contributed by atoms with E-state index in [2.05, 4.69) is 31.1 Å². The maximum absolute atomic E-state index is 13.3. The number of carbonyl (C=O) groups excluding carboxylic acids is 4. The minimum atomic E-state index is -1.26. The van der Waals surface area contributed by atoms with Gasteiger partial charge >= 0.3 is 17.9 Å². The summed E-state index contributed by atoms with van der Waals surface area (Å²) in [4.78, 5) is 55.9. The number of aryl methyl sites for hydroxylation is 1. The van der Waals surface area contributed by atoms with Gasteiger partial charge < -0.3 is 19.5 Å². The first kappa shape index (κ1) is 30.8. The summed E-state index contributed by atoms with van der Waals surface area (Å²) >= 11 is 0. The minimum absolute atomic E-state index is 0.0256. The van der Waals surface area contributed by atoms with Gasteiger partial charge in [0, 0.05) is 12.6 Å². The number of hydrogen-bond donors (Lipinski definition) is 1. The van der Waals surface area contributed by atoms with Gasteiger partial charge in [-0.15, -0.1) is 0 Å². The Balaban J connectivity index is 1.71. The first-order valence-corrected chi connectivity index (χ1v) is 13.7. The Bertz CT molecular complexity index is 1210. The number of ether oxygens (including phenoxy) is 3. The van der Waals surface area contributed by atoms with Gasteiger partial charge in [-0.1, -0.05) is 58.0 Å². The summed E-state index contributed by atoms with van der Waals surface area (Å²) in [6.07, 6.45) is 2.58. The van der Waals surface area contributed by atoms with Crippen molar-refractivity contribution in [2.45, 2.75) is 79.4 Å². The molecule has 2 unspecified atom stereocenters. The van der Waals surface area contributed by atoms with Gasteiger partial charge in [0.15, 0.2) is 17.5 Å². The van der Waals surface area contributed by atoms with Gasteiger partial charge in [0.1, 0.15) is 6.61 Å². The molecule has 0 spiro atoms. The maximum Gasteiger partial charge on any atom is 0.332 e. The van der Waals surface area contributed by atoms with Crippen molar-refractivity contribution < 1.29 is 33.4 Å². The SMILES string of the molecule is Cc1ccnc(C(=O)N[C@H]2COC(=O)[C@H](Cc3ccccc3)CC(C)OC2=O)c1OC(=O)CC(C)CC(C)(C)C. The number of amides is 1. The van der Waals surface area contributed by atoms with Crippen molar-refractivity contribution in [3.63, 3.8) is 0 Å². The number of cyclic esters (lactones) is 2. The molecule has 0 aliphatic carbocycles. The van der Waals surface area contributed by atoms with Crippen molar-refractivity contribution in [3.8, 4) is 5.75 Å². The van der Waals surface area contributed by atoms with Crippen LogP contribution >= 0.6 is 0 Å². The predicted molar refractivity (Wildman–Crippen MR) is 148 cm³/mol. The zero-order valence-electron chi connectivity index (χ0n) is 24.2. The monoisotopic (exact) mass is 552 g/mol. The molecule has 9 heteroatoms. The third-order valence-corrected chi connectivity index (χ3v) is 6.58. The number of nitrogens with zero attached hydrogens (tertiary/aromatic N) is 1. The average Bonchev–Trinajstić information content (AvgIpc) is 2.90. The van der Waals surface area contributed by atoms with Crippen molar-refractivity contribution in [2.24, 2.45) is 17.3 Å². The molecule has 1 aromatic heterocycles. The van der Waals surface area contributed by atoms with Crippen LogP contribution in [0.3, 0.4) is 0 Å². The molecular weight excluding hydrogens is 512 g/mol. The molecular formula is C31H40N2O7. The second-order valence-corrected chi connectivity index (χ2v) is 11.9. The Morgan fingerprint density at radius 1 is 1.12 bits per heavy atom. The number of hydrogen-bond acceptors (Lipinski definition) is 8. The van der Waals surface area contributed by atoms with E-state index in [0.717, 1.165) is 12.0 Å². The van der Waals surface area contributed by atoms with Crippen molar-refractivity contribution in [2.75, 3.05) is 6.61 Å². The molecule has 2 aromatic rings. The highest BCUT2D eigenvalue weighted by molar-refractivity contribution is 5.98. The van der Waals surface area contributed by atoms with Gasteiger partial charge in [0.05, 0.1) is 12.0 Å². The number of benzene rings is 1. The Kier molecular flexibility index (Phi) is 10.4. The molecule has 1 aliphatic rings. The van der Waals surface area contributed by atoms with Crippen LogP contribution in [0.1, 0.15) is 75.5 Å². The second-order valence-electron chi connectivity index (χ2n) is 11.9. The Labute approximate surface area is 236 Å². The van der Waals surface area contributed by atoms with Gasteiger partial charge in [0.2, 0.25) is 0 Å². The van der Waals surface area contributed by atoms with Crippen LogP contribution in [0.25, 0.3) is 0 Å². The summed E-state index contributed by atoms with van der Waals surface area (Å²) in [5.74, 6) is -2.83. The summed E-state index contributed by atoms with van der Waals surface area (Å²) in [7, 11) is 0. The Morgan fingerprint density at radius 2 is 1.82 bits per heavy atom. The molecule has 0 bridgehead atoms. The molecule has 9 nitrogen and oxygen atoms in total. The summed E-state index contributed by atoms with van der Waals surface area (Å²) in [5, 5.41) is 2.55. The third-order valence-electron chi connectivity index (χ3n) is 6.58. The molecule has 216 valence electrons. The van der Waals surface area contributed by atoms with Crippen molar-refractivity contribution in [3.05, 3.63) is 59.4 Å². The van der Waals surface area contributed by atoms with Crippen LogP contribution in [0.15, 0.2) is 42.6 Å². The topological polar surface area (TPSA) is 121 Å². The maximum atomic E-state index is 13.3. The van der Waals surface area contributed by atoms with Gasteiger partial charge in [-0.05, 0) is 61.6 Å². The first-order valence-electron chi connectivity index (χ1n) is 13.7. The van der Waals surface area contributed by atoms with Crippen LogP contribution in [0.2, 0.25) is 0 Å². The standard InChI is InChI=1S/C31H40N2O7/c1-19(17-31(4,5)6)14-25(34)40-27-20(2)12-13-32-26(27)28(35)33-24-18-38-29(36)23(15-21(3)39-30(24)37)16-22-10-8-7-9-11-22/h7-13,19,21,23-24H,14-18H2,1-6H3,(H,33,35)/t19?,21?,23-,24-/m0/s1. The van der Waals surface area contributed by atoms with E-state index in [-0.39, 0.29) is 35.6 Å². The van der Waals surface area contributed by atoms with Gasteiger partial charge in [-0.3, -0.25) is 14.4 Å². The number of nitrogens with one attached hydrogen (secondary N) is 1. The summed E-state index contributed by atoms with van der Waals surface area (Å²) < 4.78 is 16.6. The molecule has 1 N–H and O–H groups in total. The highest BCUT2D eigenvalue weighted by atomic mass is 16.6. The van der Waals surface area contributed by atoms with Crippen molar-refractivity contribution >= 4 is 23.8 Å². The molecule has 2 heterocycles. The predicted octanol–water partition coefficient (Wildman–Crippen LogP) is 4.59. The third kappa shape index (κ3) is 9.17. The van der Waals surface area contributed by atoms with Gasteiger partial charge in [-0.2, -0.15) is 0 Å². The number of rotatable bonds is 8. The fourth-order valence-corrected chi connectivity index (χ4v) is 4.96. The van der Waals surface area contributed by atoms with E-state index < -0.39 is 48.5 Å². The highest BCUT2D eigenvalue weighted by Gasteiger charge is 2.33. The van der Waals surface area contributed by atoms with E-state index in [1.54, 1.807) is 19.9 Å². The van der Waals surface area contributed by atoms with E-state index in [9.17, 15) is 19.2 Å². The molecule has 1 aromatic carbocycles. The average molecular weight is 553 g/mol. The smallest absolute Gasteiger partial charge is 0.332 e. The van der Waals surface area contributed by atoms with Crippen molar-refractivity contribution in [1.29, 1.82) is 0 Å². The van der Waals surface area contributed by atoms with E-state index >= 15 is 0 Å².